The van der Waals surface area contributed by atoms with Crippen molar-refractivity contribution in [3.63, 3.8) is 0 Å². The molecule has 0 spiro atoms. The van der Waals surface area contributed by atoms with Gasteiger partial charge in [-0.1, -0.05) is 0 Å². The van der Waals surface area contributed by atoms with Crippen LogP contribution in [0.5, 0.6) is 5.75 Å². The van der Waals surface area contributed by atoms with Gasteiger partial charge in [-0.15, -0.1) is 0 Å². The molecule has 1 aromatic rings. The third-order valence-corrected chi connectivity index (χ3v) is 3.92. The summed E-state index contributed by atoms with van der Waals surface area (Å²) in [6.45, 7) is 0. The maximum atomic E-state index is 10.9. The van der Waals surface area contributed by atoms with Gasteiger partial charge in [0.1, 0.15) is 10.6 Å². The number of halogens is 2. The lowest BCUT2D eigenvalue weighted by atomic mass is 10.3. The van der Waals surface area contributed by atoms with Crippen LogP contribution in [0.1, 0.15) is 0 Å². The van der Waals surface area contributed by atoms with Gasteiger partial charge in [0.25, 0.3) is 10.1 Å². The molecule has 0 aliphatic heterocycles. The number of ether oxygens (including phenoxy) is 1. The highest BCUT2D eigenvalue weighted by Crippen LogP contribution is 2.33. The van der Waals surface area contributed by atoms with Gasteiger partial charge in [0.15, 0.2) is 0 Å². The van der Waals surface area contributed by atoms with E-state index in [-0.39, 0.29) is 9.37 Å². The Morgan fingerprint density at radius 1 is 1.29 bits per heavy atom. The number of rotatable bonds is 2. The van der Waals surface area contributed by atoms with Crippen molar-refractivity contribution in [1.82, 2.24) is 0 Å². The molecule has 14 heavy (non-hydrogen) atoms. The van der Waals surface area contributed by atoms with Crippen molar-refractivity contribution < 1.29 is 17.7 Å². The van der Waals surface area contributed by atoms with Crippen LogP contribution < -0.4 is 4.74 Å². The Balaban J connectivity index is 3.44. The second kappa shape index (κ2) is 4.18. The van der Waals surface area contributed by atoms with Crippen LogP contribution in [0.3, 0.4) is 0 Å². The highest BCUT2D eigenvalue weighted by atomic mass is 79.9. The first kappa shape index (κ1) is 12.0. The summed E-state index contributed by atoms with van der Waals surface area (Å²) in [5.74, 6) is 0.476. The molecule has 78 valence electrons. The lowest BCUT2D eigenvalue weighted by molar-refractivity contribution is 0.411. The maximum absolute atomic E-state index is 10.9. The summed E-state index contributed by atoms with van der Waals surface area (Å²) >= 11 is 6.13. The van der Waals surface area contributed by atoms with Crippen LogP contribution in [0.15, 0.2) is 26.0 Å². The van der Waals surface area contributed by atoms with Gasteiger partial charge in [-0.25, -0.2) is 0 Å². The van der Waals surface area contributed by atoms with Crippen LogP contribution in [-0.2, 0) is 10.1 Å². The van der Waals surface area contributed by atoms with Crippen molar-refractivity contribution in [2.45, 2.75) is 4.90 Å². The average molecular weight is 346 g/mol. The second-order valence-corrected chi connectivity index (χ2v) is 5.49. The highest BCUT2D eigenvalue weighted by molar-refractivity contribution is 9.11. The zero-order valence-electron chi connectivity index (χ0n) is 6.99. The Hall–Kier alpha value is -0.110. The van der Waals surface area contributed by atoms with Crippen LogP contribution in [0.4, 0.5) is 0 Å². The second-order valence-electron chi connectivity index (χ2n) is 2.39. The summed E-state index contributed by atoms with van der Waals surface area (Å²) in [6, 6.07) is 2.71. The van der Waals surface area contributed by atoms with E-state index >= 15 is 0 Å². The third-order valence-electron chi connectivity index (χ3n) is 1.48. The Morgan fingerprint density at radius 3 is 2.29 bits per heavy atom. The summed E-state index contributed by atoms with van der Waals surface area (Å²) in [4.78, 5) is -0.204. The van der Waals surface area contributed by atoms with Crippen LogP contribution in [0.25, 0.3) is 0 Å². The standard InChI is InChI=1S/C7H6Br2O4S/c1-13-6-2-5(9)7(3-4(6)8)14(10,11)12/h2-3H,1H3,(H,10,11,12). The van der Waals surface area contributed by atoms with Crippen LogP contribution in [-0.4, -0.2) is 20.1 Å². The smallest absolute Gasteiger partial charge is 0.295 e. The number of hydrogen-bond donors (Lipinski definition) is 1. The van der Waals surface area contributed by atoms with Gasteiger partial charge in [0, 0.05) is 4.47 Å². The van der Waals surface area contributed by atoms with Gasteiger partial charge < -0.3 is 4.74 Å². The minimum Gasteiger partial charge on any atom is -0.496 e. The molecule has 0 amide bonds. The monoisotopic (exact) mass is 344 g/mol. The minimum absolute atomic E-state index is 0.204. The summed E-state index contributed by atoms with van der Waals surface area (Å²) in [5, 5.41) is 0. The zero-order valence-corrected chi connectivity index (χ0v) is 11.0. The Kier molecular flexibility index (Phi) is 3.57. The molecule has 0 aliphatic rings. The maximum Gasteiger partial charge on any atom is 0.295 e. The van der Waals surface area contributed by atoms with Crippen molar-refractivity contribution in [2.24, 2.45) is 0 Å². The number of benzene rings is 1. The quantitative estimate of drug-likeness (QED) is 0.836. The molecular formula is C7H6Br2O4S. The van der Waals surface area contributed by atoms with E-state index < -0.39 is 10.1 Å². The summed E-state index contributed by atoms with van der Waals surface area (Å²) in [5.41, 5.74) is 0. The fourth-order valence-corrected chi connectivity index (χ4v) is 3.03. The Bertz CT molecular complexity index is 455. The van der Waals surface area contributed by atoms with Crippen molar-refractivity contribution in [3.05, 3.63) is 21.1 Å². The predicted molar refractivity (Wildman–Crippen MR) is 58.2 cm³/mol. The van der Waals surface area contributed by atoms with Crippen LogP contribution >= 0.6 is 31.9 Å². The van der Waals surface area contributed by atoms with Gasteiger partial charge in [-0.3, -0.25) is 4.55 Å². The fraction of sp³-hybridized carbons (Fsp3) is 0.143. The van der Waals surface area contributed by atoms with Crippen molar-refractivity contribution in [3.8, 4) is 5.75 Å². The molecule has 0 fully saturated rings. The molecular weight excluding hydrogens is 340 g/mol. The van der Waals surface area contributed by atoms with Crippen molar-refractivity contribution in [2.75, 3.05) is 7.11 Å². The van der Waals surface area contributed by atoms with Gasteiger partial charge in [-0.2, -0.15) is 8.42 Å². The normalized spacial score (nSPS) is 11.4. The van der Waals surface area contributed by atoms with Gasteiger partial charge in [-0.05, 0) is 44.0 Å². The van der Waals surface area contributed by atoms with Gasteiger partial charge >= 0.3 is 0 Å². The molecule has 0 saturated carbocycles. The lowest BCUT2D eigenvalue weighted by Gasteiger charge is -2.06. The summed E-state index contributed by atoms with van der Waals surface area (Å²) in [7, 11) is -2.76. The molecule has 1 rings (SSSR count). The fourth-order valence-electron chi connectivity index (χ4n) is 0.864. The molecule has 1 N–H and O–H groups in total. The molecule has 0 radical (unpaired) electrons. The van der Waals surface area contributed by atoms with Crippen molar-refractivity contribution >= 4 is 42.0 Å². The van der Waals surface area contributed by atoms with Gasteiger partial charge in [0.2, 0.25) is 0 Å². The highest BCUT2D eigenvalue weighted by Gasteiger charge is 2.16. The van der Waals surface area contributed by atoms with Crippen LogP contribution in [0.2, 0.25) is 0 Å². The van der Waals surface area contributed by atoms with E-state index in [1.165, 1.54) is 19.2 Å². The molecule has 1 aromatic carbocycles. The van der Waals surface area contributed by atoms with E-state index in [0.29, 0.717) is 10.2 Å². The van der Waals surface area contributed by atoms with E-state index in [1.807, 2.05) is 0 Å². The van der Waals surface area contributed by atoms with E-state index in [1.54, 1.807) is 0 Å². The van der Waals surface area contributed by atoms with E-state index in [9.17, 15) is 8.42 Å². The number of methoxy groups -OCH3 is 1. The molecule has 0 atom stereocenters. The minimum atomic E-state index is -4.21. The molecule has 0 unspecified atom stereocenters. The van der Waals surface area contributed by atoms with Crippen molar-refractivity contribution in [1.29, 1.82) is 0 Å². The molecule has 4 nitrogen and oxygen atoms in total. The number of hydrogen-bond acceptors (Lipinski definition) is 3. The van der Waals surface area contributed by atoms with Crippen LogP contribution in [0, 0.1) is 0 Å². The third kappa shape index (κ3) is 2.47. The largest absolute Gasteiger partial charge is 0.496 e. The first-order valence-electron chi connectivity index (χ1n) is 3.37. The lowest BCUT2D eigenvalue weighted by Crippen LogP contribution is -2.00. The molecule has 0 aromatic heterocycles. The first-order valence-corrected chi connectivity index (χ1v) is 6.39. The zero-order chi connectivity index (χ0) is 10.9. The molecule has 0 saturated heterocycles. The Labute approximate surface area is 98.3 Å². The average Bonchev–Trinajstić information content (AvgIpc) is 2.06. The Morgan fingerprint density at radius 2 is 1.86 bits per heavy atom. The first-order chi connectivity index (χ1) is 6.36. The summed E-state index contributed by atoms with van der Waals surface area (Å²) in [6.07, 6.45) is 0. The summed E-state index contributed by atoms with van der Waals surface area (Å²) < 4.78 is 36.2. The predicted octanol–water partition coefficient (Wildman–Crippen LogP) is 2.47. The topological polar surface area (TPSA) is 63.6 Å². The van der Waals surface area contributed by atoms with E-state index in [4.69, 9.17) is 9.29 Å². The van der Waals surface area contributed by atoms with E-state index in [2.05, 4.69) is 31.9 Å². The molecule has 0 aliphatic carbocycles. The SMILES string of the molecule is COc1cc(Br)c(S(=O)(=O)O)cc1Br. The molecule has 0 bridgehead atoms. The van der Waals surface area contributed by atoms with E-state index in [0.717, 1.165) is 0 Å². The van der Waals surface area contributed by atoms with Gasteiger partial charge in [0.05, 0.1) is 11.6 Å². The molecule has 7 heteroatoms. The molecule has 0 heterocycles.